The van der Waals surface area contributed by atoms with E-state index in [4.69, 9.17) is 27.9 Å². The summed E-state index contributed by atoms with van der Waals surface area (Å²) in [6.45, 7) is 8.52. The van der Waals surface area contributed by atoms with Crippen LogP contribution in [0.2, 0.25) is 10.0 Å². The maximum Gasteiger partial charge on any atom is 0.162 e. The summed E-state index contributed by atoms with van der Waals surface area (Å²) < 4.78 is 19.5. The standard InChI is InChI=1S/C31H32Cl2FNO3/c1-30(2)12-22-27(24(36)14-30)26(28-23(35(22)5)13-31(3,4)15-25(28)37)18-10-20(32)29(21(33)11-18)38-16-17-7-6-8-19(34)9-17/h6-11,26H,12-16H2,1-5H3. The molecule has 0 amide bonds. The highest BCUT2D eigenvalue weighted by Crippen LogP contribution is 2.54. The van der Waals surface area contributed by atoms with E-state index >= 15 is 0 Å². The molecular formula is C31H32Cl2FNO3. The van der Waals surface area contributed by atoms with Gasteiger partial charge in [0.25, 0.3) is 0 Å². The molecule has 0 bridgehead atoms. The van der Waals surface area contributed by atoms with Crippen molar-refractivity contribution in [2.24, 2.45) is 10.8 Å². The first-order chi connectivity index (χ1) is 17.8. The van der Waals surface area contributed by atoms with Crippen molar-refractivity contribution in [3.8, 4) is 5.75 Å². The number of rotatable bonds is 4. The monoisotopic (exact) mass is 555 g/mol. The number of benzene rings is 2. The van der Waals surface area contributed by atoms with Gasteiger partial charge in [0.15, 0.2) is 17.3 Å². The van der Waals surface area contributed by atoms with Gasteiger partial charge in [-0.2, -0.15) is 0 Å². The quantitative estimate of drug-likeness (QED) is 0.383. The Balaban J connectivity index is 1.60. The molecule has 200 valence electrons. The Morgan fingerprint density at radius 1 is 0.895 bits per heavy atom. The zero-order valence-corrected chi connectivity index (χ0v) is 23.9. The van der Waals surface area contributed by atoms with Crippen LogP contribution in [-0.4, -0.2) is 23.5 Å². The summed E-state index contributed by atoms with van der Waals surface area (Å²) in [7, 11) is 1.98. The van der Waals surface area contributed by atoms with Gasteiger partial charge in [-0.05, 0) is 59.1 Å². The third-order valence-corrected chi connectivity index (χ3v) is 8.37. The number of hydrogen-bond donors (Lipinski definition) is 0. The van der Waals surface area contributed by atoms with Gasteiger partial charge in [0.1, 0.15) is 12.4 Å². The normalized spacial score (nSPS) is 21.0. The van der Waals surface area contributed by atoms with Crippen molar-refractivity contribution in [2.75, 3.05) is 7.05 Å². The van der Waals surface area contributed by atoms with Gasteiger partial charge in [-0.3, -0.25) is 9.59 Å². The number of nitrogens with zero attached hydrogens (tertiary/aromatic N) is 1. The third kappa shape index (κ3) is 4.91. The van der Waals surface area contributed by atoms with E-state index in [0.717, 1.165) is 24.2 Å². The molecule has 2 aromatic rings. The van der Waals surface area contributed by atoms with E-state index < -0.39 is 5.92 Å². The second-order valence-corrected chi connectivity index (χ2v) is 13.1. The lowest BCUT2D eigenvalue weighted by atomic mass is 9.64. The van der Waals surface area contributed by atoms with Crippen molar-refractivity contribution in [1.82, 2.24) is 4.90 Å². The lowest BCUT2D eigenvalue weighted by Gasteiger charge is -2.48. The zero-order chi connectivity index (χ0) is 27.6. The molecule has 5 rings (SSSR count). The summed E-state index contributed by atoms with van der Waals surface area (Å²) in [5.41, 5.74) is 4.27. The molecule has 3 aliphatic rings. The van der Waals surface area contributed by atoms with Crippen molar-refractivity contribution in [3.05, 3.63) is 85.9 Å². The molecule has 0 saturated carbocycles. The van der Waals surface area contributed by atoms with Gasteiger partial charge in [-0.15, -0.1) is 0 Å². The Kier molecular flexibility index (Phi) is 6.76. The molecule has 2 aliphatic carbocycles. The Morgan fingerprint density at radius 2 is 1.42 bits per heavy atom. The lowest BCUT2D eigenvalue weighted by molar-refractivity contribution is -0.119. The van der Waals surface area contributed by atoms with E-state index in [-0.39, 0.29) is 50.6 Å². The Morgan fingerprint density at radius 3 is 1.92 bits per heavy atom. The Bertz CT molecular complexity index is 1340. The van der Waals surface area contributed by atoms with Gasteiger partial charge in [0.05, 0.1) is 10.0 Å². The second-order valence-electron chi connectivity index (χ2n) is 12.3. The molecule has 1 heterocycles. The predicted octanol–water partition coefficient (Wildman–Crippen LogP) is 8.03. The summed E-state index contributed by atoms with van der Waals surface area (Å²) in [5, 5.41) is 0.554. The number of allylic oxidation sites excluding steroid dienone is 4. The Hall–Kier alpha value is -2.63. The maximum atomic E-state index is 13.7. The topological polar surface area (TPSA) is 46.6 Å². The number of ether oxygens (including phenoxy) is 1. The van der Waals surface area contributed by atoms with Crippen LogP contribution in [0.1, 0.15) is 70.4 Å². The molecule has 4 nitrogen and oxygen atoms in total. The molecule has 2 aromatic carbocycles. The van der Waals surface area contributed by atoms with Crippen LogP contribution in [0.25, 0.3) is 0 Å². The van der Waals surface area contributed by atoms with Crippen molar-refractivity contribution in [3.63, 3.8) is 0 Å². The highest BCUT2D eigenvalue weighted by Gasteiger charge is 2.48. The molecule has 0 saturated heterocycles. The smallest absolute Gasteiger partial charge is 0.162 e. The van der Waals surface area contributed by atoms with Gasteiger partial charge in [0.2, 0.25) is 0 Å². The minimum atomic E-state index is -0.532. The van der Waals surface area contributed by atoms with Crippen molar-refractivity contribution >= 4 is 34.8 Å². The van der Waals surface area contributed by atoms with Gasteiger partial charge >= 0.3 is 0 Å². The van der Waals surface area contributed by atoms with Gasteiger partial charge in [-0.1, -0.05) is 63.0 Å². The number of ketones is 2. The van der Waals surface area contributed by atoms with Crippen LogP contribution in [0.5, 0.6) is 5.75 Å². The van der Waals surface area contributed by atoms with E-state index in [1.165, 1.54) is 12.1 Å². The average molecular weight is 557 g/mol. The fourth-order valence-electron chi connectivity index (χ4n) is 6.16. The second kappa shape index (κ2) is 9.53. The minimum Gasteiger partial charge on any atom is -0.486 e. The number of halogens is 3. The molecule has 0 atom stereocenters. The third-order valence-electron chi connectivity index (χ3n) is 7.81. The minimum absolute atomic E-state index is 0.0518. The largest absolute Gasteiger partial charge is 0.486 e. The summed E-state index contributed by atoms with van der Waals surface area (Å²) in [4.78, 5) is 29.4. The first kappa shape index (κ1) is 27.0. The molecule has 7 heteroatoms. The molecule has 0 radical (unpaired) electrons. The molecule has 1 aliphatic heterocycles. The number of carbonyl (C=O) groups is 2. The first-order valence-corrected chi connectivity index (χ1v) is 13.6. The molecule has 0 aromatic heterocycles. The highest BCUT2D eigenvalue weighted by atomic mass is 35.5. The van der Waals surface area contributed by atoms with Crippen molar-refractivity contribution < 1.29 is 18.7 Å². The van der Waals surface area contributed by atoms with E-state index in [2.05, 4.69) is 32.6 Å². The van der Waals surface area contributed by atoms with Crippen LogP contribution in [0.15, 0.2) is 58.9 Å². The van der Waals surface area contributed by atoms with Crippen LogP contribution in [0, 0.1) is 16.6 Å². The van der Waals surface area contributed by atoms with Crippen molar-refractivity contribution in [1.29, 1.82) is 0 Å². The zero-order valence-electron chi connectivity index (χ0n) is 22.4. The van der Waals surface area contributed by atoms with Gasteiger partial charge in [0, 0.05) is 48.3 Å². The van der Waals surface area contributed by atoms with Crippen LogP contribution in [0.3, 0.4) is 0 Å². The maximum absolute atomic E-state index is 13.7. The summed E-state index contributed by atoms with van der Waals surface area (Å²) >= 11 is 13.4. The van der Waals surface area contributed by atoms with Crippen LogP contribution < -0.4 is 4.74 Å². The average Bonchev–Trinajstić information content (AvgIpc) is 2.78. The van der Waals surface area contributed by atoms with E-state index in [0.29, 0.717) is 35.1 Å². The van der Waals surface area contributed by atoms with E-state index in [9.17, 15) is 14.0 Å². The number of Topliss-reactive ketones (excluding diaryl/α,β-unsaturated/α-hetero) is 2. The predicted molar refractivity (Wildman–Crippen MR) is 148 cm³/mol. The van der Waals surface area contributed by atoms with Crippen LogP contribution in [-0.2, 0) is 16.2 Å². The summed E-state index contributed by atoms with van der Waals surface area (Å²) in [6, 6.07) is 9.63. The molecular weight excluding hydrogens is 524 g/mol. The number of hydrogen-bond acceptors (Lipinski definition) is 4. The SMILES string of the molecule is CN1C2=C(C(=O)CC(C)(C)C2)C(c2cc(Cl)c(OCc3cccc(F)c3)c(Cl)c2)C2=C1CC(C)(C)CC2=O. The van der Waals surface area contributed by atoms with Crippen LogP contribution in [0.4, 0.5) is 4.39 Å². The van der Waals surface area contributed by atoms with Gasteiger partial charge in [-0.25, -0.2) is 4.39 Å². The Labute approximate surface area is 233 Å². The molecule has 0 fully saturated rings. The van der Waals surface area contributed by atoms with E-state index in [1.807, 2.05) is 7.05 Å². The van der Waals surface area contributed by atoms with Crippen molar-refractivity contribution in [2.45, 2.75) is 65.9 Å². The van der Waals surface area contributed by atoms with E-state index in [1.54, 1.807) is 24.3 Å². The highest BCUT2D eigenvalue weighted by molar-refractivity contribution is 6.37. The molecule has 0 spiro atoms. The first-order valence-electron chi connectivity index (χ1n) is 12.9. The molecule has 38 heavy (non-hydrogen) atoms. The number of carbonyl (C=O) groups excluding carboxylic acids is 2. The summed E-state index contributed by atoms with van der Waals surface area (Å²) in [6.07, 6.45) is 2.30. The summed E-state index contributed by atoms with van der Waals surface area (Å²) in [5.74, 6) is -0.498. The lowest BCUT2D eigenvalue weighted by Crippen LogP contribution is -2.43. The molecule has 0 N–H and O–H groups in total. The molecule has 0 unspecified atom stereocenters. The fourth-order valence-corrected chi connectivity index (χ4v) is 6.78. The van der Waals surface area contributed by atoms with Gasteiger partial charge < -0.3 is 9.64 Å². The fraction of sp³-hybridized carbons (Fsp3) is 0.419. The van der Waals surface area contributed by atoms with Crippen LogP contribution >= 0.6 is 23.2 Å².